The zero-order valence-electron chi connectivity index (χ0n) is 18.8. The van der Waals surface area contributed by atoms with Crippen molar-refractivity contribution >= 4 is 29.3 Å². The van der Waals surface area contributed by atoms with Gasteiger partial charge in [-0.25, -0.2) is 4.79 Å². The number of pyridine rings is 1. The van der Waals surface area contributed by atoms with E-state index >= 15 is 0 Å². The number of hydrogen-bond acceptors (Lipinski definition) is 4. The molecule has 0 aliphatic carbocycles. The summed E-state index contributed by atoms with van der Waals surface area (Å²) in [5.74, 6) is -1.42. The van der Waals surface area contributed by atoms with Crippen LogP contribution in [0.1, 0.15) is 41.6 Å². The van der Waals surface area contributed by atoms with E-state index in [4.69, 9.17) is 11.6 Å². The van der Waals surface area contributed by atoms with Crippen LogP contribution in [-0.2, 0) is 17.8 Å². The number of carboxylic acids is 1. The van der Waals surface area contributed by atoms with Crippen molar-refractivity contribution in [1.82, 2.24) is 9.88 Å². The molecule has 0 radical (unpaired) electrons. The molecule has 3 aromatic rings. The fraction of sp³-hybridized carbons (Fsp3) is 0.240. The summed E-state index contributed by atoms with van der Waals surface area (Å²) in [7, 11) is 0. The smallest absolute Gasteiger partial charge is 0.319 e. The van der Waals surface area contributed by atoms with Crippen molar-refractivity contribution in [2.75, 3.05) is 5.32 Å². The lowest BCUT2D eigenvalue weighted by Gasteiger charge is -2.19. The van der Waals surface area contributed by atoms with Gasteiger partial charge < -0.3 is 25.4 Å². The van der Waals surface area contributed by atoms with Crippen LogP contribution < -0.4 is 16.2 Å². The van der Waals surface area contributed by atoms with Gasteiger partial charge >= 0.3 is 12.0 Å². The molecule has 2 amide bonds. The fourth-order valence-corrected chi connectivity index (χ4v) is 3.74. The number of aryl methyl sites for hydroxylation is 2. The van der Waals surface area contributed by atoms with Crippen molar-refractivity contribution < 1.29 is 19.8 Å². The molecule has 8 nitrogen and oxygen atoms in total. The zero-order valence-corrected chi connectivity index (χ0v) is 19.6. The van der Waals surface area contributed by atoms with Gasteiger partial charge in [0.15, 0.2) is 5.69 Å². The van der Waals surface area contributed by atoms with Crippen LogP contribution in [0.15, 0.2) is 59.5 Å². The molecule has 0 spiro atoms. The molecule has 0 aliphatic rings. The van der Waals surface area contributed by atoms with Gasteiger partial charge in [-0.15, -0.1) is 0 Å². The highest BCUT2D eigenvalue weighted by Crippen LogP contribution is 2.26. The molecule has 1 atom stereocenters. The van der Waals surface area contributed by atoms with E-state index in [9.17, 15) is 24.6 Å². The SMILES string of the molecule is CCc1cn(Cc2ccccc2Cl)c(=O)c(NC(=O)N[C@@H](CC(=O)O)c2ccc(C)cc2)c1O. The summed E-state index contributed by atoms with van der Waals surface area (Å²) in [6.45, 7) is 3.85. The molecule has 0 unspecified atom stereocenters. The van der Waals surface area contributed by atoms with Crippen LogP contribution in [0, 0.1) is 6.92 Å². The molecule has 0 aliphatic heterocycles. The van der Waals surface area contributed by atoms with Crippen molar-refractivity contribution in [1.29, 1.82) is 0 Å². The van der Waals surface area contributed by atoms with Crippen molar-refractivity contribution in [3.05, 3.63) is 92.4 Å². The minimum absolute atomic E-state index is 0.146. The largest absolute Gasteiger partial charge is 0.505 e. The third kappa shape index (κ3) is 5.96. The van der Waals surface area contributed by atoms with Gasteiger partial charge in [0.25, 0.3) is 5.56 Å². The molecule has 0 bridgehead atoms. The van der Waals surface area contributed by atoms with Gasteiger partial charge in [-0.05, 0) is 30.5 Å². The maximum Gasteiger partial charge on any atom is 0.319 e. The first-order chi connectivity index (χ1) is 16.2. The molecule has 0 saturated carbocycles. The van der Waals surface area contributed by atoms with Gasteiger partial charge in [0.1, 0.15) is 5.75 Å². The van der Waals surface area contributed by atoms with E-state index in [2.05, 4.69) is 10.6 Å². The van der Waals surface area contributed by atoms with Crippen molar-refractivity contribution in [3.8, 4) is 5.75 Å². The molecule has 1 aromatic heterocycles. The molecule has 178 valence electrons. The number of urea groups is 1. The molecule has 0 fully saturated rings. The molecule has 9 heteroatoms. The predicted octanol–water partition coefficient (Wildman–Crippen LogP) is 4.46. The summed E-state index contributed by atoms with van der Waals surface area (Å²) in [6.07, 6.45) is 1.59. The monoisotopic (exact) mass is 483 g/mol. The lowest BCUT2D eigenvalue weighted by Crippen LogP contribution is -2.36. The number of nitrogens with one attached hydrogen (secondary N) is 2. The van der Waals surface area contributed by atoms with Crippen LogP contribution in [-0.4, -0.2) is 26.8 Å². The van der Waals surface area contributed by atoms with Gasteiger partial charge in [0.05, 0.1) is 19.0 Å². The number of hydrogen-bond donors (Lipinski definition) is 4. The highest BCUT2D eigenvalue weighted by atomic mass is 35.5. The molecule has 2 aromatic carbocycles. The maximum atomic E-state index is 13.1. The summed E-state index contributed by atoms with van der Waals surface area (Å²) < 4.78 is 1.37. The number of carbonyl (C=O) groups excluding carboxylic acids is 1. The third-order valence-corrected chi connectivity index (χ3v) is 5.78. The number of carbonyl (C=O) groups is 2. The van der Waals surface area contributed by atoms with Gasteiger partial charge in [-0.3, -0.25) is 9.59 Å². The molecule has 0 saturated heterocycles. The van der Waals surface area contributed by atoms with Crippen LogP contribution in [0.5, 0.6) is 5.75 Å². The van der Waals surface area contributed by atoms with Crippen LogP contribution in [0.3, 0.4) is 0 Å². The highest BCUT2D eigenvalue weighted by Gasteiger charge is 2.21. The predicted molar refractivity (Wildman–Crippen MR) is 131 cm³/mol. The Labute approximate surface area is 201 Å². The topological polar surface area (TPSA) is 121 Å². The Kier molecular flexibility index (Phi) is 7.96. The number of aromatic nitrogens is 1. The first-order valence-corrected chi connectivity index (χ1v) is 11.1. The Morgan fingerprint density at radius 2 is 1.76 bits per heavy atom. The average molecular weight is 484 g/mol. The number of aromatic hydroxyl groups is 1. The number of anilines is 1. The standard InChI is InChI=1S/C25H26ClN3O5/c1-3-16-13-29(14-18-6-4-5-7-19(18)26)24(33)22(23(16)32)28-25(34)27-20(12-21(30)31)17-10-8-15(2)9-11-17/h4-11,13,20,32H,3,12,14H2,1-2H3,(H,30,31)(H2,27,28,34)/t20-/m0/s1. The van der Waals surface area contributed by atoms with E-state index in [1.807, 2.05) is 26.0 Å². The Balaban J connectivity index is 1.90. The number of amides is 2. The maximum absolute atomic E-state index is 13.1. The van der Waals surface area contributed by atoms with Gasteiger partial charge in [0, 0.05) is 16.8 Å². The lowest BCUT2D eigenvalue weighted by molar-refractivity contribution is -0.137. The van der Waals surface area contributed by atoms with Crippen molar-refractivity contribution in [3.63, 3.8) is 0 Å². The number of halogens is 1. The van der Waals surface area contributed by atoms with Crippen LogP contribution in [0.2, 0.25) is 5.02 Å². The van der Waals surface area contributed by atoms with Crippen LogP contribution in [0.4, 0.5) is 10.5 Å². The van der Waals surface area contributed by atoms with Gasteiger partial charge in [-0.2, -0.15) is 0 Å². The molecular weight excluding hydrogens is 458 g/mol. The van der Waals surface area contributed by atoms with Crippen molar-refractivity contribution in [2.24, 2.45) is 0 Å². The molecule has 1 heterocycles. The van der Waals surface area contributed by atoms with Gasteiger partial charge in [-0.1, -0.05) is 66.6 Å². The van der Waals surface area contributed by atoms with E-state index in [0.29, 0.717) is 28.1 Å². The highest BCUT2D eigenvalue weighted by molar-refractivity contribution is 6.31. The average Bonchev–Trinajstić information content (AvgIpc) is 2.79. The first-order valence-electron chi connectivity index (χ1n) is 10.7. The minimum Gasteiger partial charge on any atom is -0.505 e. The Bertz CT molecular complexity index is 1250. The lowest BCUT2D eigenvalue weighted by atomic mass is 10.0. The summed E-state index contributed by atoms with van der Waals surface area (Å²) in [6, 6.07) is 12.5. The second kappa shape index (κ2) is 10.9. The van der Waals surface area contributed by atoms with Gasteiger partial charge in [0.2, 0.25) is 0 Å². The first kappa shape index (κ1) is 24.9. The summed E-state index contributed by atoms with van der Waals surface area (Å²) in [5, 5.41) is 25.4. The third-order valence-electron chi connectivity index (χ3n) is 5.41. The van der Waals surface area contributed by atoms with Crippen molar-refractivity contribution in [2.45, 2.75) is 39.3 Å². The van der Waals surface area contributed by atoms with E-state index in [1.165, 1.54) is 10.8 Å². The van der Waals surface area contributed by atoms with E-state index < -0.39 is 23.6 Å². The zero-order chi connectivity index (χ0) is 24.8. The molecule has 34 heavy (non-hydrogen) atoms. The summed E-state index contributed by atoms with van der Waals surface area (Å²) in [4.78, 5) is 37.2. The number of benzene rings is 2. The number of aliphatic carboxylic acids is 1. The molecule has 3 rings (SSSR count). The second-order valence-electron chi connectivity index (χ2n) is 7.92. The number of rotatable bonds is 8. The van der Waals surface area contributed by atoms with E-state index in [-0.39, 0.29) is 24.4 Å². The second-order valence-corrected chi connectivity index (χ2v) is 8.32. The minimum atomic E-state index is -1.09. The Hall–Kier alpha value is -3.78. The fourth-order valence-electron chi connectivity index (χ4n) is 3.55. The Morgan fingerprint density at radius 1 is 1.09 bits per heavy atom. The molecular formula is C25H26ClN3O5. The van der Waals surface area contributed by atoms with Crippen LogP contribution >= 0.6 is 11.6 Å². The quantitative estimate of drug-likeness (QED) is 0.377. The molecule has 4 N–H and O–H groups in total. The number of carboxylic acid groups (broad SMARTS) is 1. The normalized spacial score (nSPS) is 11.6. The summed E-state index contributed by atoms with van der Waals surface area (Å²) in [5.41, 5.74) is 1.85. The van der Waals surface area contributed by atoms with Crippen LogP contribution in [0.25, 0.3) is 0 Å². The summed E-state index contributed by atoms with van der Waals surface area (Å²) >= 11 is 6.23. The number of nitrogens with zero attached hydrogens (tertiary/aromatic N) is 1. The van der Waals surface area contributed by atoms with E-state index in [1.54, 1.807) is 36.4 Å². The van der Waals surface area contributed by atoms with E-state index in [0.717, 1.165) is 5.56 Å². The Morgan fingerprint density at radius 3 is 2.38 bits per heavy atom.